The van der Waals surface area contributed by atoms with Gasteiger partial charge in [0, 0.05) is 50.4 Å². The van der Waals surface area contributed by atoms with E-state index in [-0.39, 0.29) is 18.8 Å². The van der Waals surface area contributed by atoms with Crippen molar-refractivity contribution in [3.63, 3.8) is 0 Å². The molecule has 0 N–H and O–H groups in total. The van der Waals surface area contributed by atoms with E-state index < -0.39 is 22.8 Å². The van der Waals surface area contributed by atoms with Gasteiger partial charge < -0.3 is 9.64 Å². The van der Waals surface area contributed by atoms with Crippen LogP contribution < -0.4 is 9.64 Å². The van der Waals surface area contributed by atoms with Crippen LogP contribution in [0, 0.1) is 0 Å². The number of halogens is 3. The third-order valence-corrected chi connectivity index (χ3v) is 6.18. The number of alkyl halides is 3. The molecule has 0 radical (unpaired) electrons. The van der Waals surface area contributed by atoms with Crippen LogP contribution in [-0.4, -0.2) is 71.6 Å². The average molecular weight is 472 g/mol. The Morgan fingerprint density at radius 2 is 1.69 bits per heavy atom. The average Bonchev–Trinajstić information content (AvgIpc) is 2.78. The summed E-state index contributed by atoms with van der Waals surface area (Å²) in [4.78, 5) is 18.0. The van der Waals surface area contributed by atoms with Crippen molar-refractivity contribution in [3.8, 4) is 5.75 Å². The van der Waals surface area contributed by atoms with Gasteiger partial charge in [-0.1, -0.05) is 6.08 Å². The zero-order valence-corrected chi connectivity index (χ0v) is 18.0. The quantitative estimate of drug-likeness (QED) is 0.512. The number of hydrogen-bond acceptors (Lipinski definition) is 8. The normalized spacial score (nSPS) is 15.9. The molecule has 1 saturated heterocycles. The lowest BCUT2D eigenvalue weighted by atomic mass is 10.2. The van der Waals surface area contributed by atoms with Crippen LogP contribution in [0.2, 0.25) is 0 Å². The van der Waals surface area contributed by atoms with Gasteiger partial charge in [-0.3, -0.25) is 0 Å². The number of allylic oxidation sites excluding steroid dienone is 1. The molecule has 1 aliphatic rings. The second-order valence-electron chi connectivity index (χ2n) is 6.98. The summed E-state index contributed by atoms with van der Waals surface area (Å²) in [6, 6.07) is 1.74. The van der Waals surface area contributed by atoms with Crippen LogP contribution in [0.3, 0.4) is 0 Å². The molecule has 174 valence electrons. The molecule has 1 aliphatic heterocycles. The molecule has 0 aromatic carbocycles. The molecule has 0 unspecified atom stereocenters. The van der Waals surface area contributed by atoms with Gasteiger partial charge in [0.15, 0.2) is 12.4 Å². The van der Waals surface area contributed by atoms with Gasteiger partial charge in [-0.15, -0.1) is 0 Å². The summed E-state index contributed by atoms with van der Waals surface area (Å²) in [6.45, 7) is -0.192. The molecule has 2 aromatic heterocycles. The molecule has 0 aliphatic carbocycles. The van der Waals surface area contributed by atoms with Crippen molar-refractivity contribution >= 4 is 16.0 Å². The molecule has 2 aromatic rings. The number of aromatic nitrogens is 4. The molecule has 0 atom stereocenters. The Morgan fingerprint density at radius 1 is 1.03 bits per heavy atom. The summed E-state index contributed by atoms with van der Waals surface area (Å²) >= 11 is 0. The number of aryl methyl sites for hydroxylation is 1. The third-order valence-electron chi connectivity index (χ3n) is 4.56. The molecular formula is C19H23F3N6O3S. The molecule has 9 nitrogen and oxygen atoms in total. The monoisotopic (exact) mass is 472 g/mol. The van der Waals surface area contributed by atoms with Crippen molar-refractivity contribution in [3.05, 3.63) is 48.2 Å². The van der Waals surface area contributed by atoms with E-state index in [9.17, 15) is 21.6 Å². The van der Waals surface area contributed by atoms with Crippen LogP contribution in [0.4, 0.5) is 19.1 Å². The van der Waals surface area contributed by atoms with Gasteiger partial charge in [0.1, 0.15) is 5.82 Å². The smallest absolute Gasteiger partial charge is 0.422 e. The maximum Gasteiger partial charge on any atom is 0.422 e. The Hall–Kier alpha value is -2.80. The van der Waals surface area contributed by atoms with E-state index in [2.05, 4.69) is 24.7 Å². The van der Waals surface area contributed by atoms with E-state index in [1.165, 1.54) is 22.1 Å². The summed E-state index contributed by atoms with van der Waals surface area (Å²) in [5, 5.41) is 1.22. The van der Waals surface area contributed by atoms with Crippen LogP contribution in [0.25, 0.3) is 0 Å². The summed E-state index contributed by atoms with van der Waals surface area (Å²) in [5.41, 5.74) is 0. The van der Waals surface area contributed by atoms with E-state index in [0.29, 0.717) is 31.9 Å². The van der Waals surface area contributed by atoms with Crippen LogP contribution >= 0.6 is 0 Å². The number of anilines is 1. The van der Waals surface area contributed by atoms with Gasteiger partial charge in [0.05, 0.1) is 12.4 Å². The summed E-state index contributed by atoms with van der Waals surface area (Å²) < 4.78 is 67.6. The van der Waals surface area contributed by atoms with Crippen LogP contribution in [0.15, 0.2) is 42.3 Å². The molecule has 3 rings (SSSR count). The van der Waals surface area contributed by atoms with Crippen LogP contribution in [0.5, 0.6) is 5.75 Å². The third kappa shape index (κ3) is 7.41. The zero-order valence-electron chi connectivity index (χ0n) is 17.1. The lowest BCUT2D eigenvalue weighted by molar-refractivity contribution is -0.153. The first kappa shape index (κ1) is 23.9. The lowest BCUT2D eigenvalue weighted by Crippen LogP contribution is -2.48. The van der Waals surface area contributed by atoms with Crippen molar-refractivity contribution in [2.24, 2.45) is 0 Å². The fourth-order valence-corrected chi connectivity index (χ4v) is 4.19. The second-order valence-corrected chi connectivity index (χ2v) is 8.80. The SMILES string of the molecule is O=S(=O)(C=CCCCc1ncccn1)N1CCN(c2ncc(OCC(F)(F)F)cn2)CC1. The number of hydrogen-bond donors (Lipinski definition) is 0. The molecule has 0 spiro atoms. The maximum atomic E-state index is 12.5. The van der Waals surface area contributed by atoms with E-state index in [0.717, 1.165) is 12.2 Å². The number of sulfonamides is 1. The lowest BCUT2D eigenvalue weighted by Gasteiger charge is -2.33. The number of nitrogens with zero attached hydrogens (tertiary/aromatic N) is 6. The van der Waals surface area contributed by atoms with Crippen molar-refractivity contribution in [2.45, 2.75) is 25.4 Å². The Kier molecular flexibility index (Phi) is 7.96. The van der Waals surface area contributed by atoms with Gasteiger partial charge in [0.25, 0.3) is 0 Å². The van der Waals surface area contributed by atoms with E-state index in [4.69, 9.17) is 0 Å². The fourth-order valence-electron chi connectivity index (χ4n) is 2.97. The first-order chi connectivity index (χ1) is 15.2. The number of rotatable bonds is 9. The summed E-state index contributed by atoms with van der Waals surface area (Å²) in [7, 11) is -3.53. The highest BCUT2D eigenvalue weighted by atomic mass is 32.2. The van der Waals surface area contributed by atoms with Gasteiger partial charge in [-0.05, 0) is 18.9 Å². The first-order valence-electron chi connectivity index (χ1n) is 9.92. The first-order valence-corrected chi connectivity index (χ1v) is 11.4. The minimum Gasteiger partial charge on any atom is -0.481 e. The largest absolute Gasteiger partial charge is 0.481 e. The molecule has 0 amide bonds. The van der Waals surface area contributed by atoms with E-state index in [1.54, 1.807) is 29.4 Å². The van der Waals surface area contributed by atoms with Gasteiger partial charge in [-0.25, -0.2) is 28.4 Å². The number of unbranched alkanes of at least 4 members (excludes halogenated alkanes) is 1. The molecule has 1 fully saturated rings. The molecular weight excluding hydrogens is 449 g/mol. The highest BCUT2D eigenvalue weighted by Gasteiger charge is 2.29. The van der Waals surface area contributed by atoms with Gasteiger partial charge in [-0.2, -0.15) is 17.5 Å². The van der Waals surface area contributed by atoms with Crippen LogP contribution in [0.1, 0.15) is 18.7 Å². The molecule has 0 bridgehead atoms. The number of ether oxygens (including phenoxy) is 1. The minimum atomic E-state index is -4.44. The Balaban J connectivity index is 1.43. The highest BCUT2D eigenvalue weighted by Crippen LogP contribution is 2.19. The van der Waals surface area contributed by atoms with E-state index in [1.807, 2.05) is 0 Å². The maximum absolute atomic E-state index is 12.5. The Labute approximate surface area is 184 Å². The molecule has 13 heteroatoms. The van der Waals surface area contributed by atoms with E-state index >= 15 is 0 Å². The van der Waals surface area contributed by atoms with Gasteiger partial charge >= 0.3 is 6.18 Å². The summed E-state index contributed by atoms with van der Waals surface area (Å²) in [5.74, 6) is 0.943. The number of piperazine rings is 1. The molecule has 32 heavy (non-hydrogen) atoms. The molecule has 0 saturated carbocycles. The predicted molar refractivity (Wildman–Crippen MR) is 110 cm³/mol. The van der Waals surface area contributed by atoms with Crippen molar-refractivity contribution in [1.29, 1.82) is 0 Å². The Morgan fingerprint density at radius 3 is 2.31 bits per heavy atom. The van der Waals surface area contributed by atoms with Gasteiger partial charge in [0.2, 0.25) is 16.0 Å². The predicted octanol–water partition coefficient (Wildman–Crippen LogP) is 2.20. The van der Waals surface area contributed by atoms with Crippen molar-refractivity contribution < 1.29 is 26.3 Å². The summed E-state index contributed by atoms with van der Waals surface area (Å²) in [6.07, 6.45) is 4.87. The highest BCUT2D eigenvalue weighted by molar-refractivity contribution is 7.92. The standard InChI is InChI=1S/C19H23F3N6O3S/c20-19(21,22)15-31-16-13-25-18(26-14-16)27-8-10-28(11-9-27)32(29,30)12-3-1-2-5-17-23-6-4-7-24-17/h3-4,6-7,12-14H,1-2,5,8-11,15H2. The minimum absolute atomic E-state index is 0.0868. The van der Waals surface area contributed by atoms with Crippen molar-refractivity contribution in [1.82, 2.24) is 24.2 Å². The van der Waals surface area contributed by atoms with Crippen molar-refractivity contribution in [2.75, 3.05) is 37.7 Å². The molecule has 3 heterocycles. The zero-order chi connectivity index (χ0) is 23.0. The van der Waals surface area contributed by atoms with Crippen LogP contribution in [-0.2, 0) is 16.4 Å². The topological polar surface area (TPSA) is 101 Å². The fraction of sp³-hybridized carbons (Fsp3) is 0.474. The Bertz CT molecular complexity index is 980. The second kappa shape index (κ2) is 10.7.